The van der Waals surface area contributed by atoms with Crippen LogP contribution in [0.15, 0.2) is 64.6 Å². The fourth-order valence-electron chi connectivity index (χ4n) is 3.30. The zero-order valence-electron chi connectivity index (χ0n) is 20.8. The topological polar surface area (TPSA) is 151 Å². The summed E-state index contributed by atoms with van der Waals surface area (Å²) in [5.74, 6) is 1.79. The first-order valence-corrected chi connectivity index (χ1v) is 12.2. The summed E-state index contributed by atoms with van der Waals surface area (Å²) in [6.07, 6.45) is 0. The molecule has 2 N–H and O–H groups in total. The highest BCUT2D eigenvalue weighted by Crippen LogP contribution is 2.38. The average molecular weight is 531 g/mol. The van der Waals surface area contributed by atoms with Gasteiger partial charge in [-0.3, -0.25) is 20.3 Å². The second-order valence-electron chi connectivity index (χ2n) is 7.49. The minimum Gasteiger partial charge on any atom is -0.497 e. The first-order valence-electron chi connectivity index (χ1n) is 10.7. The molecule has 0 aliphatic heterocycles. The number of hydrogen-bond donors (Lipinski definition) is 2. The molecule has 37 heavy (non-hydrogen) atoms. The van der Waals surface area contributed by atoms with Crippen LogP contribution < -0.4 is 29.1 Å². The van der Waals surface area contributed by atoms with Crippen LogP contribution in [0.25, 0.3) is 0 Å². The smallest absolute Gasteiger partial charge is 0.295 e. The number of nitro groups is 1. The van der Waals surface area contributed by atoms with Crippen LogP contribution in [0.3, 0.4) is 0 Å². The Hall–Kier alpha value is -4.52. The molecule has 0 aromatic heterocycles. The molecule has 12 nitrogen and oxygen atoms in total. The number of nitrogens with one attached hydrogen (secondary N) is 2. The Kier molecular flexibility index (Phi) is 8.40. The molecule has 3 rings (SSSR count). The van der Waals surface area contributed by atoms with Crippen LogP contribution in [-0.2, 0) is 10.0 Å². The van der Waals surface area contributed by atoms with E-state index in [0.717, 1.165) is 6.07 Å². The Labute approximate surface area is 214 Å². The van der Waals surface area contributed by atoms with Crippen molar-refractivity contribution in [2.45, 2.75) is 11.8 Å². The van der Waals surface area contributed by atoms with Crippen LogP contribution >= 0.6 is 0 Å². The molecule has 0 aliphatic carbocycles. The summed E-state index contributed by atoms with van der Waals surface area (Å²) >= 11 is 0. The number of rotatable bonds is 11. The van der Waals surface area contributed by atoms with Crippen LogP contribution in [0.4, 0.5) is 17.1 Å². The number of anilines is 2. The van der Waals surface area contributed by atoms with E-state index in [1.54, 1.807) is 31.2 Å². The lowest BCUT2D eigenvalue weighted by molar-refractivity contribution is -0.384. The summed E-state index contributed by atoms with van der Waals surface area (Å²) in [5, 5.41) is 15.9. The first-order chi connectivity index (χ1) is 17.6. The van der Waals surface area contributed by atoms with Crippen LogP contribution in [0.5, 0.6) is 23.0 Å². The highest BCUT2D eigenvalue weighted by Gasteiger charge is 2.22. The van der Waals surface area contributed by atoms with Crippen LogP contribution in [-0.4, -0.2) is 47.5 Å². The molecule has 0 saturated carbocycles. The summed E-state index contributed by atoms with van der Waals surface area (Å²) in [6.45, 7) is 1.68. The maximum atomic E-state index is 12.8. The van der Waals surface area contributed by atoms with Gasteiger partial charge in [0.15, 0.2) is 11.5 Å². The Balaban J connectivity index is 1.89. The van der Waals surface area contributed by atoms with Crippen molar-refractivity contribution in [2.24, 2.45) is 5.10 Å². The van der Waals surface area contributed by atoms with Gasteiger partial charge in [-0.2, -0.15) is 5.10 Å². The zero-order valence-corrected chi connectivity index (χ0v) is 21.6. The van der Waals surface area contributed by atoms with Crippen molar-refractivity contribution >= 4 is 32.8 Å². The van der Waals surface area contributed by atoms with Gasteiger partial charge in [-0.05, 0) is 55.5 Å². The third-order valence-electron chi connectivity index (χ3n) is 5.24. The largest absolute Gasteiger partial charge is 0.497 e. The molecule has 0 amide bonds. The van der Waals surface area contributed by atoms with Crippen LogP contribution in [0.2, 0.25) is 0 Å². The van der Waals surface area contributed by atoms with E-state index in [2.05, 4.69) is 15.2 Å². The highest BCUT2D eigenvalue weighted by molar-refractivity contribution is 7.92. The lowest BCUT2D eigenvalue weighted by Crippen LogP contribution is -2.13. The SMILES string of the molecule is COc1ccc(NS(=O)(=O)c2ccc(N/N=C(\C)c3cc(OC)c(OC)c(OC)c3)c([N+](=O)[O-])c2)cc1. The third-order valence-corrected chi connectivity index (χ3v) is 6.62. The Morgan fingerprint density at radius 3 is 2.03 bits per heavy atom. The van der Waals surface area contributed by atoms with Gasteiger partial charge in [0.2, 0.25) is 5.75 Å². The van der Waals surface area contributed by atoms with Gasteiger partial charge in [0.1, 0.15) is 11.4 Å². The standard InChI is InChI=1S/C24H26N4O8S/c1-15(16-12-22(34-3)24(36-5)23(13-16)35-4)25-26-20-11-10-19(14-21(20)28(29)30)37(31,32)27-17-6-8-18(33-2)9-7-17/h6-14,26-27H,1-5H3/b25-15+. The van der Waals surface area contributed by atoms with E-state index in [4.69, 9.17) is 18.9 Å². The van der Waals surface area contributed by atoms with Gasteiger partial charge in [0.05, 0.1) is 44.0 Å². The molecular weight excluding hydrogens is 504 g/mol. The van der Waals surface area contributed by atoms with Crippen molar-refractivity contribution < 1.29 is 32.3 Å². The second kappa shape index (κ2) is 11.5. The van der Waals surface area contributed by atoms with Crippen LogP contribution in [0, 0.1) is 10.1 Å². The normalized spacial score (nSPS) is 11.4. The number of hydrogen-bond acceptors (Lipinski definition) is 10. The predicted octanol–water partition coefficient (Wildman–Crippen LogP) is 4.27. The Morgan fingerprint density at radius 1 is 0.892 bits per heavy atom. The van der Waals surface area contributed by atoms with E-state index in [1.807, 2.05) is 0 Å². The van der Waals surface area contributed by atoms with E-state index in [1.165, 1.54) is 52.7 Å². The van der Waals surface area contributed by atoms with Gasteiger partial charge in [-0.15, -0.1) is 0 Å². The van der Waals surface area contributed by atoms with Gasteiger partial charge < -0.3 is 18.9 Å². The number of hydrazone groups is 1. The average Bonchev–Trinajstić information content (AvgIpc) is 2.90. The molecule has 0 spiro atoms. The van der Waals surface area contributed by atoms with Gasteiger partial charge >= 0.3 is 0 Å². The second-order valence-corrected chi connectivity index (χ2v) is 9.18. The molecule has 3 aromatic rings. The minimum absolute atomic E-state index is 0.000175. The summed E-state index contributed by atoms with van der Waals surface area (Å²) in [6, 6.07) is 13.0. The number of nitro benzene ring substituents is 1. The third kappa shape index (κ3) is 6.19. The highest BCUT2D eigenvalue weighted by atomic mass is 32.2. The molecule has 0 fully saturated rings. The van der Waals surface area contributed by atoms with E-state index >= 15 is 0 Å². The number of ether oxygens (including phenoxy) is 4. The van der Waals surface area contributed by atoms with Gasteiger partial charge in [0, 0.05) is 17.3 Å². The molecule has 0 atom stereocenters. The van der Waals surface area contributed by atoms with Gasteiger partial charge in [0.25, 0.3) is 15.7 Å². The van der Waals surface area contributed by atoms with Crippen molar-refractivity contribution in [3.8, 4) is 23.0 Å². The minimum atomic E-state index is -4.10. The van der Waals surface area contributed by atoms with E-state index in [-0.39, 0.29) is 16.3 Å². The predicted molar refractivity (Wildman–Crippen MR) is 139 cm³/mol. The van der Waals surface area contributed by atoms with E-state index in [9.17, 15) is 18.5 Å². The number of nitrogens with zero attached hydrogens (tertiary/aromatic N) is 2. The van der Waals surface area contributed by atoms with Gasteiger partial charge in [-0.1, -0.05) is 0 Å². The Morgan fingerprint density at radius 2 is 1.51 bits per heavy atom. The van der Waals surface area contributed by atoms with Crippen molar-refractivity contribution in [3.63, 3.8) is 0 Å². The number of methoxy groups -OCH3 is 4. The summed E-state index contributed by atoms with van der Waals surface area (Å²) in [5.41, 5.74) is 3.50. The molecule has 3 aromatic carbocycles. The summed E-state index contributed by atoms with van der Waals surface area (Å²) in [7, 11) is 1.83. The molecule has 0 radical (unpaired) electrons. The van der Waals surface area contributed by atoms with Crippen molar-refractivity contribution in [1.82, 2.24) is 0 Å². The quantitative estimate of drug-likeness (QED) is 0.210. The van der Waals surface area contributed by atoms with Crippen molar-refractivity contribution in [2.75, 3.05) is 38.6 Å². The molecule has 196 valence electrons. The maximum absolute atomic E-state index is 12.8. The lowest BCUT2D eigenvalue weighted by Gasteiger charge is -2.14. The van der Waals surface area contributed by atoms with Crippen molar-refractivity contribution in [3.05, 3.63) is 70.3 Å². The summed E-state index contributed by atoms with van der Waals surface area (Å²) < 4.78 is 49.1. The van der Waals surface area contributed by atoms with Crippen LogP contribution in [0.1, 0.15) is 12.5 Å². The molecular formula is C24H26N4O8S. The van der Waals surface area contributed by atoms with Gasteiger partial charge in [-0.25, -0.2) is 8.42 Å². The lowest BCUT2D eigenvalue weighted by atomic mass is 10.1. The molecule has 0 bridgehead atoms. The molecule has 0 aliphatic rings. The molecule has 13 heteroatoms. The summed E-state index contributed by atoms with van der Waals surface area (Å²) in [4.78, 5) is 10.7. The molecule has 0 heterocycles. The fourth-order valence-corrected chi connectivity index (χ4v) is 4.37. The number of sulfonamides is 1. The fraction of sp³-hybridized carbons (Fsp3) is 0.208. The maximum Gasteiger partial charge on any atom is 0.295 e. The molecule has 0 saturated heterocycles. The zero-order chi connectivity index (χ0) is 27.2. The van der Waals surface area contributed by atoms with E-state index in [0.29, 0.717) is 34.3 Å². The van der Waals surface area contributed by atoms with Crippen molar-refractivity contribution in [1.29, 1.82) is 0 Å². The molecule has 0 unspecified atom stereocenters. The monoisotopic (exact) mass is 530 g/mol. The Bertz CT molecular complexity index is 1400. The first kappa shape index (κ1) is 27.1. The van der Waals surface area contributed by atoms with E-state index < -0.39 is 20.6 Å². The number of benzene rings is 3.